The van der Waals surface area contributed by atoms with Crippen molar-refractivity contribution in [2.24, 2.45) is 5.41 Å². The highest BCUT2D eigenvalue weighted by Gasteiger charge is 2.35. The van der Waals surface area contributed by atoms with Gasteiger partial charge in [0.05, 0.1) is 17.0 Å². The Morgan fingerprint density at radius 2 is 2.24 bits per heavy atom. The number of aromatic amines is 1. The Labute approximate surface area is 123 Å². The Morgan fingerprint density at radius 3 is 3.05 bits per heavy atom. The molecule has 0 aliphatic heterocycles. The number of aliphatic hydroxyl groups is 1. The van der Waals surface area contributed by atoms with Crippen LogP contribution in [-0.4, -0.2) is 27.7 Å². The molecule has 1 aromatic carbocycles. The number of hydrogen-bond donors (Lipinski definition) is 3. The van der Waals surface area contributed by atoms with Crippen molar-refractivity contribution < 1.29 is 5.11 Å². The molecule has 5 nitrogen and oxygen atoms in total. The van der Waals surface area contributed by atoms with E-state index in [9.17, 15) is 9.90 Å². The standard InChI is InChI=1S/C16H21N3O2/c1-16(9-5-4-8-13(16)20)10-17-15-18-12-7-3-2-6-11(12)14(21)19-15/h2-3,6-7,13,20H,4-5,8-10H2,1H3,(H2,17,18,19,21). The van der Waals surface area contributed by atoms with Crippen molar-refractivity contribution in [3.8, 4) is 0 Å². The predicted molar refractivity (Wildman–Crippen MR) is 83.4 cm³/mol. The minimum Gasteiger partial charge on any atom is -0.392 e. The van der Waals surface area contributed by atoms with Gasteiger partial charge in [-0.2, -0.15) is 0 Å². The summed E-state index contributed by atoms with van der Waals surface area (Å²) in [6.07, 6.45) is 3.75. The number of anilines is 1. The van der Waals surface area contributed by atoms with E-state index in [0.29, 0.717) is 23.4 Å². The second-order valence-corrected chi connectivity index (χ2v) is 6.20. The summed E-state index contributed by atoms with van der Waals surface area (Å²) < 4.78 is 0. The average Bonchev–Trinajstić information content (AvgIpc) is 2.49. The summed E-state index contributed by atoms with van der Waals surface area (Å²) in [6.45, 7) is 2.69. The summed E-state index contributed by atoms with van der Waals surface area (Å²) in [5.74, 6) is 0.470. The lowest BCUT2D eigenvalue weighted by atomic mass is 9.73. The molecule has 3 N–H and O–H groups in total. The largest absolute Gasteiger partial charge is 0.392 e. The van der Waals surface area contributed by atoms with Crippen molar-refractivity contribution in [1.82, 2.24) is 9.97 Å². The number of nitrogens with one attached hydrogen (secondary N) is 2. The number of rotatable bonds is 3. The zero-order chi connectivity index (χ0) is 14.9. The van der Waals surface area contributed by atoms with Crippen LogP contribution in [0.5, 0.6) is 0 Å². The molecule has 2 aromatic rings. The minimum atomic E-state index is -0.300. The summed E-state index contributed by atoms with van der Waals surface area (Å²) in [4.78, 5) is 19.2. The summed E-state index contributed by atoms with van der Waals surface area (Å²) >= 11 is 0. The summed E-state index contributed by atoms with van der Waals surface area (Å²) in [6, 6.07) is 7.28. The van der Waals surface area contributed by atoms with Gasteiger partial charge in [0.25, 0.3) is 5.56 Å². The maximum absolute atomic E-state index is 12.0. The molecule has 21 heavy (non-hydrogen) atoms. The predicted octanol–water partition coefficient (Wildman–Crippen LogP) is 2.28. The van der Waals surface area contributed by atoms with Gasteiger partial charge in [-0.15, -0.1) is 0 Å². The first-order valence-corrected chi connectivity index (χ1v) is 7.49. The van der Waals surface area contributed by atoms with E-state index in [1.807, 2.05) is 18.2 Å². The van der Waals surface area contributed by atoms with Crippen LogP contribution in [0, 0.1) is 5.41 Å². The Morgan fingerprint density at radius 1 is 1.43 bits per heavy atom. The molecule has 1 aliphatic rings. The highest BCUT2D eigenvalue weighted by Crippen LogP contribution is 2.36. The lowest BCUT2D eigenvalue weighted by Crippen LogP contribution is -2.41. The lowest BCUT2D eigenvalue weighted by Gasteiger charge is -2.38. The molecule has 1 aromatic heterocycles. The topological polar surface area (TPSA) is 78.0 Å². The molecule has 0 spiro atoms. The molecule has 0 saturated heterocycles. The van der Waals surface area contributed by atoms with Crippen molar-refractivity contribution in [2.75, 3.05) is 11.9 Å². The highest BCUT2D eigenvalue weighted by molar-refractivity contribution is 5.78. The Kier molecular flexibility index (Phi) is 3.68. The van der Waals surface area contributed by atoms with E-state index in [1.165, 1.54) is 0 Å². The number of fused-ring (bicyclic) bond motifs is 1. The molecular weight excluding hydrogens is 266 g/mol. The van der Waals surface area contributed by atoms with Crippen LogP contribution in [0.15, 0.2) is 29.1 Å². The first-order valence-electron chi connectivity index (χ1n) is 7.49. The number of benzene rings is 1. The zero-order valence-electron chi connectivity index (χ0n) is 12.2. The van der Waals surface area contributed by atoms with Gasteiger partial charge in [0, 0.05) is 12.0 Å². The fourth-order valence-electron chi connectivity index (χ4n) is 3.04. The molecule has 3 rings (SSSR count). The fraction of sp³-hybridized carbons (Fsp3) is 0.500. The van der Waals surface area contributed by atoms with Gasteiger partial charge in [-0.25, -0.2) is 4.98 Å². The summed E-state index contributed by atoms with van der Waals surface area (Å²) in [5.41, 5.74) is 0.373. The molecule has 1 heterocycles. The van der Waals surface area contributed by atoms with Crippen molar-refractivity contribution in [3.05, 3.63) is 34.6 Å². The highest BCUT2D eigenvalue weighted by atomic mass is 16.3. The quantitative estimate of drug-likeness (QED) is 0.809. The van der Waals surface area contributed by atoms with Gasteiger partial charge in [-0.1, -0.05) is 31.9 Å². The van der Waals surface area contributed by atoms with E-state index >= 15 is 0 Å². The van der Waals surface area contributed by atoms with E-state index in [4.69, 9.17) is 0 Å². The number of aromatic nitrogens is 2. The normalized spacial score (nSPS) is 25.9. The van der Waals surface area contributed by atoms with Crippen molar-refractivity contribution >= 4 is 16.9 Å². The van der Waals surface area contributed by atoms with E-state index in [0.717, 1.165) is 25.7 Å². The smallest absolute Gasteiger partial charge is 0.260 e. The van der Waals surface area contributed by atoms with Gasteiger partial charge < -0.3 is 10.4 Å². The minimum absolute atomic E-state index is 0.141. The second kappa shape index (κ2) is 5.48. The molecule has 112 valence electrons. The number of para-hydroxylation sites is 1. The van der Waals surface area contributed by atoms with Crippen LogP contribution in [0.25, 0.3) is 10.9 Å². The van der Waals surface area contributed by atoms with E-state index in [2.05, 4.69) is 22.2 Å². The number of hydrogen-bond acceptors (Lipinski definition) is 4. The fourth-order valence-corrected chi connectivity index (χ4v) is 3.04. The van der Waals surface area contributed by atoms with Gasteiger partial charge in [0.1, 0.15) is 0 Å². The summed E-state index contributed by atoms with van der Waals surface area (Å²) in [5, 5.41) is 14.0. The first kappa shape index (κ1) is 14.1. The van der Waals surface area contributed by atoms with Crippen LogP contribution >= 0.6 is 0 Å². The lowest BCUT2D eigenvalue weighted by molar-refractivity contribution is 0.00954. The first-order chi connectivity index (χ1) is 10.1. The van der Waals surface area contributed by atoms with Gasteiger partial charge in [0.2, 0.25) is 5.95 Å². The number of nitrogens with zero attached hydrogens (tertiary/aromatic N) is 1. The third kappa shape index (κ3) is 2.78. The van der Waals surface area contributed by atoms with Gasteiger partial charge in [-0.05, 0) is 25.0 Å². The summed E-state index contributed by atoms with van der Waals surface area (Å²) in [7, 11) is 0. The van der Waals surface area contributed by atoms with Crippen molar-refractivity contribution in [1.29, 1.82) is 0 Å². The van der Waals surface area contributed by atoms with E-state index < -0.39 is 0 Å². The second-order valence-electron chi connectivity index (χ2n) is 6.20. The van der Waals surface area contributed by atoms with Crippen LogP contribution in [-0.2, 0) is 0 Å². The van der Waals surface area contributed by atoms with Gasteiger partial charge >= 0.3 is 0 Å². The molecule has 1 fully saturated rings. The Balaban J connectivity index is 1.80. The van der Waals surface area contributed by atoms with Crippen LogP contribution in [0.1, 0.15) is 32.6 Å². The molecule has 5 heteroatoms. The molecule has 0 bridgehead atoms. The third-order valence-corrected chi connectivity index (χ3v) is 4.55. The molecule has 0 radical (unpaired) electrons. The van der Waals surface area contributed by atoms with Crippen LogP contribution in [0.2, 0.25) is 0 Å². The van der Waals surface area contributed by atoms with Gasteiger partial charge in [0.15, 0.2) is 0 Å². The molecule has 2 atom stereocenters. The van der Waals surface area contributed by atoms with E-state index in [-0.39, 0.29) is 17.1 Å². The molecule has 2 unspecified atom stereocenters. The van der Waals surface area contributed by atoms with Crippen molar-refractivity contribution in [2.45, 2.75) is 38.7 Å². The Bertz CT molecular complexity index is 697. The Hall–Kier alpha value is -1.88. The SMILES string of the molecule is CC1(CNc2nc3ccccc3c(=O)[nH]2)CCCCC1O. The van der Waals surface area contributed by atoms with Crippen molar-refractivity contribution in [3.63, 3.8) is 0 Å². The van der Waals surface area contributed by atoms with Crippen LogP contribution in [0.3, 0.4) is 0 Å². The van der Waals surface area contributed by atoms with Crippen LogP contribution < -0.4 is 10.9 Å². The molecule has 0 amide bonds. The average molecular weight is 287 g/mol. The third-order valence-electron chi connectivity index (χ3n) is 4.55. The molecule has 1 aliphatic carbocycles. The number of H-pyrrole nitrogens is 1. The van der Waals surface area contributed by atoms with Gasteiger partial charge in [-0.3, -0.25) is 9.78 Å². The molecular formula is C16H21N3O2. The monoisotopic (exact) mass is 287 g/mol. The molecule has 1 saturated carbocycles. The zero-order valence-corrected chi connectivity index (χ0v) is 12.2. The van der Waals surface area contributed by atoms with E-state index in [1.54, 1.807) is 6.07 Å². The van der Waals surface area contributed by atoms with Crippen LogP contribution in [0.4, 0.5) is 5.95 Å². The number of aliphatic hydroxyl groups excluding tert-OH is 1. The maximum atomic E-state index is 12.0. The maximum Gasteiger partial charge on any atom is 0.260 e.